The molecule has 0 spiro atoms. The molecule has 5 aliphatic rings. The molecular formula is C32H44BrN3O5. The number of hydrogen-bond donors (Lipinski definition) is 3. The first-order valence-corrected chi connectivity index (χ1v) is 16.1. The molecule has 3 N–H and O–H groups in total. The Morgan fingerprint density at radius 3 is 2.49 bits per heavy atom. The maximum absolute atomic E-state index is 12.7. The fourth-order valence-corrected chi connectivity index (χ4v) is 7.12. The van der Waals surface area contributed by atoms with E-state index in [4.69, 9.17) is 9.47 Å². The molecule has 2 amide bonds. The Labute approximate surface area is 252 Å². The molecule has 224 valence electrons. The van der Waals surface area contributed by atoms with Crippen LogP contribution in [0.4, 0.5) is 4.79 Å². The van der Waals surface area contributed by atoms with Crippen molar-refractivity contribution in [1.82, 2.24) is 15.5 Å². The zero-order chi connectivity index (χ0) is 28.8. The van der Waals surface area contributed by atoms with Crippen molar-refractivity contribution in [2.24, 2.45) is 5.92 Å². The van der Waals surface area contributed by atoms with Crippen LogP contribution in [-0.4, -0.2) is 54.4 Å². The zero-order valence-electron chi connectivity index (χ0n) is 24.2. The lowest BCUT2D eigenvalue weighted by molar-refractivity contribution is -0.143. The molecule has 3 fully saturated rings. The smallest absolute Gasteiger partial charge is 0.323 e. The van der Waals surface area contributed by atoms with Gasteiger partial charge in [-0.25, -0.2) is 4.79 Å². The molecule has 1 saturated heterocycles. The minimum atomic E-state index is -0.667. The Hall–Kier alpha value is -2.52. The van der Waals surface area contributed by atoms with E-state index in [0.717, 1.165) is 92.4 Å². The number of rotatable bonds is 10. The van der Waals surface area contributed by atoms with Crippen LogP contribution in [0, 0.1) is 5.92 Å². The number of carboxylic acids is 1. The van der Waals surface area contributed by atoms with Gasteiger partial charge in [0.2, 0.25) is 0 Å². The number of urea groups is 1. The molecule has 1 heterocycles. The minimum Gasteiger partial charge on any atom is -0.495 e. The summed E-state index contributed by atoms with van der Waals surface area (Å²) < 4.78 is 13.0. The third-order valence-electron chi connectivity index (χ3n) is 9.22. The first-order valence-electron chi connectivity index (χ1n) is 15.3. The molecule has 0 unspecified atom stereocenters. The van der Waals surface area contributed by atoms with E-state index in [9.17, 15) is 14.7 Å². The quantitative estimate of drug-likeness (QED) is 0.246. The highest BCUT2D eigenvalue weighted by Gasteiger charge is 2.32. The summed E-state index contributed by atoms with van der Waals surface area (Å²) in [5.41, 5.74) is 6.09. The van der Waals surface area contributed by atoms with Crippen molar-refractivity contribution in [1.29, 1.82) is 0 Å². The van der Waals surface area contributed by atoms with Gasteiger partial charge in [0.1, 0.15) is 5.76 Å². The highest BCUT2D eigenvalue weighted by molar-refractivity contribution is 9.11. The number of carboxylic acid groups (broad SMARTS) is 1. The van der Waals surface area contributed by atoms with Crippen LogP contribution in [0.25, 0.3) is 0 Å². The summed E-state index contributed by atoms with van der Waals surface area (Å²) in [6, 6.07) is 0.142. The molecule has 0 aromatic rings. The van der Waals surface area contributed by atoms with Gasteiger partial charge in [0.25, 0.3) is 0 Å². The average molecular weight is 631 g/mol. The second-order valence-corrected chi connectivity index (χ2v) is 12.8. The Morgan fingerprint density at radius 2 is 1.80 bits per heavy atom. The van der Waals surface area contributed by atoms with Gasteiger partial charge in [-0.05, 0) is 105 Å². The topological polar surface area (TPSA) is 100 Å². The lowest BCUT2D eigenvalue weighted by Crippen LogP contribution is -2.37. The number of halogens is 1. The van der Waals surface area contributed by atoms with Gasteiger partial charge >= 0.3 is 12.0 Å². The number of amides is 2. The van der Waals surface area contributed by atoms with Crippen molar-refractivity contribution in [3.8, 4) is 0 Å². The molecule has 4 aliphatic carbocycles. The van der Waals surface area contributed by atoms with Crippen molar-refractivity contribution < 1.29 is 24.2 Å². The number of likely N-dealkylation sites (tertiary alicyclic amines) is 1. The maximum atomic E-state index is 12.7. The number of nitrogens with one attached hydrogen (secondary N) is 2. The van der Waals surface area contributed by atoms with Crippen molar-refractivity contribution in [3.63, 3.8) is 0 Å². The molecule has 5 rings (SSSR count). The van der Waals surface area contributed by atoms with E-state index in [-0.39, 0.29) is 18.1 Å². The zero-order valence-corrected chi connectivity index (χ0v) is 25.8. The Kier molecular flexibility index (Phi) is 10.3. The second-order valence-electron chi connectivity index (χ2n) is 11.9. The van der Waals surface area contributed by atoms with Crippen molar-refractivity contribution in [2.45, 2.75) is 102 Å². The van der Waals surface area contributed by atoms with Gasteiger partial charge in [-0.1, -0.05) is 23.3 Å². The van der Waals surface area contributed by atoms with E-state index in [1.165, 1.54) is 37.0 Å². The number of nitrogens with zero attached hydrogens (tertiary/aromatic N) is 1. The number of carbonyl (C=O) groups excluding carboxylic acids is 1. The van der Waals surface area contributed by atoms with Crippen LogP contribution in [0.5, 0.6) is 0 Å². The maximum Gasteiger partial charge on any atom is 0.323 e. The van der Waals surface area contributed by atoms with Gasteiger partial charge < -0.3 is 30.1 Å². The average Bonchev–Trinajstić information content (AvgIpc) is 3.41. The number of carbonyl (C=O) groups is 2. The van der Waals surface area contributed by atoms with E-state index in [1.54, 1.807) is 12.7 Å². The lowest BCUT2D eigenvalue weighted by atomic mass is 9.86. The predicted octanol–water partition coefficient (Wildman–Crippen LogP) is 6.77. The summed E-state index contributed by atoms with van der Waals surface area (Å²) in [6.07, 6.45) is 19.7. The van der Waals surface area contributed by atoms with E-state index >= 15 is 0 Å². The molecule has 0 radical (unpaired) electrons. The highest BCUT2D eigenvalue weighted by atomic mass is 79.9. The second kappa shape index (κ2) is 14.1. The monoisotopic (exact) mass is 629 g/mol. The molecule has 1 atom stereocenters. The van der Waals surface area contributed by atoms with Gasteiger partial charge in [0.15, 0.2) is 0 Å². The molecule has 1 aliphatic heterocycles. The molecule has 41 heavy (non-hydrogen) atoms. The minimum absolute atomic E-state index is 0.179. The summed E-state index contributed by atoms with van der Waals surface area (Å²) in [5, 5.41) is 15.3. The molecule has 8 nitrogen and oxygen atoms in total. The number of allylic oxidation sites excluding steroid dienone is 8. The van der Waals surface area contributed by atoms with E-state index in [2.05, 4.69) is 43.6 Å². The molecule has 0 aromatic heterocycles. The first-order chi connectivity index (χ1) is 19.9. The summed E-state index contributed by atoms with van der Waals surface area (Å²) in [7, 11) is 1.67. The summed E-state index contributed by atoms with van der Waals surface area (Å²) in [6.45, 7) is 1.78. The Balaban J connectivity index is 1.21. The van der Waals surface area contributed by atoms with Gasteiger partial charge in [-0.15, -0.1) is 0 Å². The molecule has 0 aromatic carbocycles. The van der Waals surface area contributed by atoms with Crippen LogP contribution < -0.4 is 10.6 Å². The predicted molar refractivity (Wildman–Crippen MR) is 162 cm³/mol. The summed E-state index contributed by atoms with van der Waals surface area (Å²) >= 11 is 3.52. The number of methoxy groups -OCH3 is 1. The van der Waals surface area contributed by atoms with Crippen molar-refractivity contribution in [2.75, 3.05) is 20.3 Å². The van der Waals surface area contributed by atoms with Gasteiger partial charge in [0.05, 0.1) is 37.5 Å². The molecule has 9 heteroatoms. The van der Waals surface area contributed by atoms with Crippen LogP contribution in [0.15, 0.2) is 56.7 Å². The summed E-state index contributed by atoms with van der Waals surface area (Å²) in [5.74, 6) is -0.143. The third-order valence-corrected chi connectivity index (χ3v) is 9.97. The van der Waals surface area contributed by atoms with Crippen LogP contribution >= 0.6 is 15.9 Å². The SMILES string of the molecule is COC1=C(NC(=O)NC2=C(Br)C=CCC2)CCC(CC(=C2CCC2)N2CCC[C@H]2COC2CCC(C(=O)O)CC2)=C1. The Bertz CT molecular complexity index is 1160. The Morgan fingerprint density at radius 1 is 1.02 bits per heavy atom. The third kappa shape index (κ3) is 7.66. The van der Waals surface area contributed by atoms with Crippen LogP contribution in [0.2, 0.25) is 0 Å². The van der Waals surface area contributed by atoms with Crippen molar-refractivity contribution in [3.05, 3.63) is 56.7 Å². The molecule has 2 saturated carbocycles. The van der Waals surface area contributed by atoms with Crippen LogP contribution in [-0.2, 0) is 14.3 Å². The molecule has 0 bridgehead atoms. The van der Waals surface area contributed by atoms with Gasteiger partial charge in [-0.3, -0.25) is 4.79 Å². The first kappa shape index (κ1) is 30.0. The van der Waals surface area contributed by atoms with Gasteiger partial charge in [0, 0.05) is 28.8 Å². The van der Waals surface area contributed by atoms with E-state index in [0.29, 0.717) is 12.6 Å². The van der Waals surface area contributed by atoms with Crippen LogP contribution in [0.1, 0.15) is 89.9 Å². The standard InChI is InChI=1S/C32H44BrN3O5/c1-40-30-19-21(11-16-28(30)35-32(39)34-27-10-3-2-9-26(27)33)18-29(22-6-4-7-22)36-17-5-8-24(36)20-41-25-14-12-23(13-15-25)31(37)38/h2,9,19,23-25H,3-8,10-18,20H2,1H3,(H,37,38)(H2,34,35,39)/t23?,24-,25?/m0/s1. The number of hydrogen-bond acceptors (Lipinski definition) is 5. The van der Waals surface area contributed by atoms with E-state index in [1.807, 2.05) is 6.08 Å². The van der Waals surface area contributed by atoms with Crippen molar-refractivity contribution >= 4 is 27.9 Å². The van der Waals surface area contributed by atoms with Crippen LogP contribution in [0.3, 0.4) is 0 Å². The fourth-order valence-electron chi connectivity index (χ4n) is 6.64. The normalized spacial score (nSPS) is 26.5. The fraction of sp³-hybridized carbons (Fsp3) is 0.625. The summed E-state index contributed by atoms with van der Waals surface area (Å²) in [4.78, 5) is 26.7. The van der Waals surface area contributed by atoms with Gasteiger partial charge in [-0.2, -0.15) is 0 Å². The molecular weight excluding hydrogens is 586 g/mol. The number of aliphatic carboxylic acids is 1. The lowest BCUT2D eigenvalue weighted by Gasteiger charge is -2.36. The highest BCUT2D eigenvalue weighted by Crippen LogP contribution is 2.39. The largest absolute Gasteiger partial charge is 0.495 e. The number of ether oxygens (including phenoxy) is 2. The van der Waals surface area contributed by atoms with E-state index < -0.39 is 5.97 Å².